The molecule has 7 heteroatoms. The van der Waals surface area contributed by atoms with Gasteiger partial charge in [-0.05, 0) is 86.6 Å². The van der Waals surface area contributed by atoms with Gasteiger partial charge in [0.1, 0.15) is 22.8 Å². The predicted octanol–water partition coefficient (Wildman–Crippen LogP) is 11.0. The number of rotatable bonds is 21. The van der Waals surface area contributed by atoms with E-state index in [0.29, 0.717) is 24.2 Å². The van der Waals surface area contributed by atoms with Gasteiger partial charge in [0.15, 0.2) is 0 Å². The molecular weight excluding hydrogens is 628 g/mol. The van der Waals surface area contributed by atoms with Crippen LogP contribution in [-0.4, -0.2) is 30.6 Å². The van der Waals surface area contributed by atoms with E-state index in [9.17, 15) is 14.4 Å². The van der Waals surface area contributed by atoms with Gasteiger partial charge in [-0.2, -0.15) is 0 Å². The topological polar surface area (TPSA) is 88.1 Å². The van der Waals surface area contributed by atoms with Gasteiger partial charge in [-0.25, -0.2) is 14.4 Å². The van der Waals surface area contributed by atoms with Crippen molar-refractivity contribution in [1.29, 1.82) is 0 Å². The lowest BCUT2D eigenvalue weighted by atomic mass is 9.87. The molecule has 7 nitrogen and oxygen atoms in total. The van der Waals surface area contributed by atoms with Crippen LogP contribution in [0, 0.1) is 0 Å². The molecule has 2 aromatic rings. The Morgan fingerprint density at radius 1 is 0.700 bits per heavy atom. The molecule has 2 aliphatic rings. The van der Waals surface area contributed by atoms with Gasteiger partial charge in [0, 0.05) is 0 Å². The second-order valence-corrected chi connectivity index (χ2v) is 13.1. The Hall–Kier alpha value is -4.39. The molecule has 0 spiro atoms. The van der Waals surface area contributed by atoms with Gasteiger partial charge in [-0.3, -0.25) is 0 Å². The summed E-state index contributed by atoms with van der Waals surface area (Å²) in [5, 5.41) is 0. The number of esters is 3. The number of carbonyl (C=O) groups is 3. The third-order valence-electron chi connectivity index (χ3n) is 9.03. The van der Waals surface area contributed by atoms with Crippen LogP contribution >= 0.6 is 0 Å². The van der Waals surface area contributed by atoms with Crippen molar-refractivity contribution in [3.8, 4) is 17.2 Å². The summed E-state index contributed by atoms with van der Waals surface area (Å²) in [5.41, 5.74) is 2.88. The Morgan fingerprint density at radius 3 is 2.12 bits per heavy atom. The third-order valence-corrected chi connectivity index (χ3v) is 9.03. The zero-order valence-electron chi connectivity index (χ0n) is 30.2. The van der Waals surface area contributed by atoms with E-state index in [-0.39, 0.29) is 28.9 Å². The Morgan fingerprint density at radius 2 is 1.38 bits per heavy atom. The number of hydrogen-bond acceptors (Lipinski definition) is 7. The van der Waals surface area contributed by atoms with Gasteiger partial charge in [0.2, 0.25) is 0 Å². The van der Waals surface area contributed by atoms with Gasteiger partial charge in [0.25, 0.3) is 0 Å². The highest BCUT2D eigenvalue weighted by Gasteiger charge is 2.26. The van der Waals surface area contributed by atoms with Crippen LogP contribution < -0.4 is 14.2 Å². The van der Waals surface area contributed by atoms with E-state index < -0.39 is 17.9 Å². The van der Waals surface area contributed by atoms with Crippen molar-refractivity contribution in [3.63, 3.8) is 0 Å². The number of hydrogen-bond donors (Lipinski definition) is 0. The molecule has 0 aliphatic heterocycles. The maximum atomic E-state index is 13.8. The van der Waals surface area contributed by atoms with Crippen molar-refractivity contribution in [1.82, 2.24) is 0 Å². The normalized spacial score (nSPS) is 14.1. The highest BCUT2D eigenvalue weighted by molar-refractivity contribution is 6.00. The summed E-state index contributed by atoms with van der Waals surface area (Å²) in [5.74, 6) is -1.11. The molecule has 2 aliphatic carbocycles. The minimum Gasteiger partial charge on any atom is -0.493 e. The molecule has 0 heterocycles. The quantitative estimate of drug-likeness (QED) is 0.0735. The monoisotopic (exact) mass is 682 g/mol. The van der Waals surface area contributed by atoms with Crippen molar-refractivity contribution in [2.45, 2.75) is 123 Å². The number of carbonyl (C=O) groups excluding carboxylic acids is 3. The molecule has 0 aromatic heterocycles. The third kappa shape index (κ3) is 11.9. The van der Waals surface area contributed by atoms with Crippen LogP contribution in [0.1, 0.15) is 138 Å². The maximum absolute atomic E-state index is 13.8. The van der Waals surface area contributed by atoms with Gasteiger partial charge in [-0.15, -0.1) is 0 Å². The number of unbranched alkanes of at least 4 members (excludes halogenated alkanes) is 10. The predicted molar refractivity (Wildman–Crippen MR) is 198 cm³/mol. The average molecular weight is 683 g/mol. The van der Waals surface area contributed by atoms with Crippen molar-refractivity contribution < 1.29 is 33.3 Å². The van der Waals surface area contributed by atoms with E-state index in [0.717, 1.165) is 62.5 Å². The standard InChI is InChI=1S/C43H54O7/c1-4-6-8-10-11-12-13-17-31-47-38-25-19-26-39(50-42(45)37-24-18-22-33-21-15-16-23-36(33)37)40(38)43(46)49-35-29-27-34(28-30-35)41(44)48-32(3)20-14-9-7-5-2/h15-16,18-19,21,24-30,32H,4-14,17,20,22-23,31H2,1-3H3. The molecule has 0 saturated carbocycles. The fourth-order valence-electron chi connectivity index (χ4n) is 6.15. The highest BCUT2D eigenvalue weighted by atomic mass is 16.6. The Bertz CT molecular complexity index is 1540. The van der Waals surface area contributed by atoms with E-state index in [4.69, 9.17) is 18.9 Å². The van der Waals surface area contributed by atoms with Crippen molar-refractivity contribution in [2.75, 3.05) is 6.61 Å². The second-order valence-electron chi connectivity index (χ2n) is 13.1. The van der Waals surface area contributed by atoms with Crippen LogP contribution in [0.2, 0.25) is 0 Å². The summed E-state index contributed by atoms with van der Waals surface area (Å²) < 4.78 is 23.4. The molecule has 50 heavy (non-hydrogen) atoms. The molecule has 0 fully saturated rings. The molecule has 0 amide bonds. The van der Waals surface area contributed by atoms with Crippen LogP contribution in [0.3, 0.4) is 0 Å². The summed E-state index contributed by atoms with van der Waals surface area (Å²) in [6.07, 6.45) is 25.5. The van der Waals surface area contributed by atoms with E-state index >= 15 is 0 Å². The van der Waals surface area contributed by atoms with E-state index in [1.165, 1.54) is 38.5 Å². The molecule has 2 aromatic carbocycles. The zero-order chi connectivity index (χ0) is 35.6. The maximum Gasteiger partial charge on any atom is 0.351 e. The first kappa shape index (κ1) is 38.4. The lowest BCUT2D eigenvalue weighted by molar-refractivity contribution is -0.129. The van der Waals surface area contributed by atoms with Gasteiger partial charge < -0.3 is 18.9 Å². The van der Waals surface area contributed by atoms with Crippen molar-refractivity contribution in [3.05, 3.63) is 101 Å². The fraction of sp³-hybridized carbons (Fsp3) is 0.465. The van der Waals surface area contributed by atoms with Crippen LogP contribution in [0.15, 0.2) is 89.6 Å². The Labute approximate surface area is 298 Å². The fourth-order valence-corrected chi connectivity index (χ4v) is 6.15. The van der Waals surface area contributed by atoms with Crippen LogP contribution in [-0.2, 0) is 9.53 Å². The molecule has 1 unspecified atom stereocenters. The molecule has 0 bridgehead atoms. The minimum absolute atomic E-state index is 0.0329. The molecule has 1 atom stereocenters. The smallest absolute Gasteiger partial charge is 0.351 e. The highest BCUT2D eigenvalue weighted by Crippen LogP contribution is 2.34. The van der Waals surface area contributed by atoms with Gasteiger partial charge in [-0.1, -0.05) is 115 Å². The number of fused-ring (bicyclic) bond motifs is 1. The zero-order valence-corrected chi connectivity index (χ0v) is 30.2. The van der Waals surface area contributed by atoms with Gasteiger partial charge in [0.05, 0.1) is 23.8 Å². The Kier molecular flexibility index (Phi) is 16.1. The summed E-state index contributed by atoms with van der Waals surface area (Å²) in [7, 11) is 0. The van der Waals surface area contributed by atoms with E-state index in [1.807, 2.05) is 31.2 Å². The lowest BCUT2D eigenvalue weighted by Crippen LogP contribution is -2.19. The summed E-state index contributed by atoms with van der Waals surface area (Å²) in [6, 6.07) is 11.2. The first-order valence-electron chi connectivity index (χ1n) is 18.7. The van der Waals surface area contributed by atoms with Crippen LogP contribution in [0.4, 0.5) is 0 Å². The molecule has 268 valence electrons. The first-order chi connectivity index (χ1) is 24.4. The number of benzene rings is 2. The SMILES string of the molecule is CCCCCCCCCCOc1cccc(OC(=O)C2=C3CC=CC=C3CC=C2)c1C(=O)Oc1ccc(C(=O)OC(C)CCCCCC)cc1. The Balaban J connectivity index is 1.45. The average Bonchev–Trinajstić information content (AvgIpc) is 3.12. The second kappa shape index (κ2) is 21.0. The summed E-state index contributed by atoms with van der Waals surface area (Å²) in [4.78, 5) is 40.0. The molecule has 0 radical (unpaired) electrons. The molecule has 4 rings (SSSR count). The molecule has 0 saturated heterocycles. The van der Waals surface area contributed by atoms with Gasteiger partial charge >= 0.3 is 17.9 Å². The summed E-state index contributed by atoms with van der Waals surface area (Å²) >= 11 is 0. The van der Waals surface area contributed by atoms with E-state index in [2.05, 4.69) is 13.8 Å². The molecule has 0 N–H and O–H groups in total. The lowest BCUT2D eigenvalue weighted by Gasteiger charge is -2.20. The van der Waals surface area contributed by atoms with E-state index in [1.54, 1.807) is 48.5 Å². The summed E-state index contributed by atoms with van der Waals surface area (Å²) in [6.45, 7) is 6.70. The largest absolute Gasteiger partial charge is 0.493 e. The number of allylic oxidation sites excluding steroid dienone is 6. The molecular formula is C43H54O7. The number of ether oxygens (including phenoxy) is 4. The van der Waals surface area contributed by atoms with Crippen molar-refractivity contribution >= 4 is 17.9 Å². The van der Waals surface area contributed by atoms with Crippen LogP contribution in [0.25, 0.3) is 0 Å². The van der Waals surface area contributed by atoms with Crippen LogP contribution in [0.5, 0.6) is 17.2 Å². The first-order valence-corrected chi connectivity index (χ1v) is 18.7. The minimum atomic E-state index is -0.728. The van der Waals surface area contributed by atoms with Crippen molar-refractivity contribution in [2.24, 2.45) is 0 Å².